The normalized spacial score (nSPS) is 10.8. The van der Waals surface area contributed by atoms with Crippen LogP contribution in [-0.2, 0) is 19.4 Å². The number of benzene rings is 1. The standard InChI is InChI=1S/C13H17NO7S/c1-20-10-4-3-9(7-11(10)21-2)14-12(15)8-22(18,19)6-5-13(16)17/h3-4,7H,5-6,8H2,1-2H3,(H,14,15)(H,16,17). The van der Waals surface area contributed by atoms with Crippen molar-refractivity contribution >= 4 is 27.4 Å². The van der Waals surface area contributed by atoms with Crippen molar-refractivity contribution in [3.8, 4) is 11.5 Å². The summed E-state index contributed by atoms with van der Waals surface area (Å²) in [5, 5.41) is 10.9. The van der Waals surface area contributed by atoms with Crippen LogP contribution in [0, 0.1) is 0 Å². The van der Waals surface area contributed by atoms with E-state index < -0.39 is 39.6 Å². The molecule has 0 aliphatic heterocycles. The van der Waals surface area contributed by atoms with Crippen molar-refractivity contribution in [2.75, 3.05) is 31.0 Å². The number of hydrogen-bond acceptors (Lipinski definition) is 6. The summed E-state index contributed by atoms with van der Waals surface area (Å²) in [5.41, 5.74) is 0.344. The predicted octanol–water partition coefficient (Wildman–Crippen LogP) is 0.532. The van der Waals surface area contributed by atoms with Crippen LogP contribution in [-0.4, -0.2) is 51.1 Å². The molecular formula is C13H17NO7S. The third-order valence-corrected chi connectivity index (χ3v) is 4.17. The molecule has 1 aromatic rings. The number of amides is 1. The van der Waals surface area contributed by atoms with Crippen molar-refractivity contribution in [2.45, 2.75) is 6.42 Å². The Morgan fingerprint density at radius 1 is 1.18 bits per heavy atom. The predicted molar refractivity (Wildman–Crippen MR) is 79.1 cm³/mol. The summed E-state index contributed by atoms with van der Waals surface area (Å²) < 4.78 is 33.3. The highest BCUT2D eigenvalue weighted by molar-refractivity contribution is 7.92. The van der Waals surface area contributed by atoms with Crippen molar-refractivity contribution in [1.82, 2.24) is 0 Å². The average molecular weight is 331 g/mol. The Balaban J connectivity index is 2.71. The molecule has 0 bridgehead atoms. The van der Waals surface area contributed by atoms with Gasteiger partial charge in [0.2, 0.25) is 5.91 Å². The number of hydrogen-bond donors (Lipinski definition) is 2. The fourth-order valence-corrected chi connectivity index (χ4v) is 2.73. The molecule has 1 rings (SSSR count). The molecule has 0 atom stereocenters. The number of methoxy groups -OCH3 is 2. The van der Waals surface area contributed by atoms with Gasteiger partial charge < -0.3 is 19.9 Å². The van der Waals surface area contributed by atoms with Crippen molar-refractivity contribution in [3.63, 3.8) is 0 Å². The molecule has 1 aromatic carbocycles. The van der Waals surface area contributed by atoms with Gasteiger partial charge in [0, 0.05) is 11.8 Å². The van der Waals surface area contributed by atoms with Gasteiger partial charge in [-0.3, -0.25) is 9.59 Å². The van der Waals surface area contributed by atoms with Gasteiger partial charge in [0.05, 0.1) is 26.4 Å². The Bertz CT molecular complexity index is 654. The van der Waals surface area contributed by atoms with E-state index in [1.54, 1.807) is 6.07 Å². The van der Waals surface area contributed by atoms with Crippen LogP contribution in [0.25, 0.3) is 0 Å². The summed E-state index contributed by atoms with van der Waals surface area (Å²) in [6.07, 6.45) is -0.536. The Hall–Kier alpha value is -2.29. The molecule has 8 nitrogen and oxygen atoms in total. The quantitative estimate of drug-likeness (QED) is 0.713. The smallest absolute Gasteiger partial charge is 0.304 e. The van der Waals surface area contributed by atoms with E-state index in [0.29, 0.717) is 17.2 Å². The maximum atomic E-state index is 11.7. The number of aliphatic carboxylic acids is 1. The van der Waals surface area contributed by atoms with Gasteiger partial charge in [-0.2, -0.15) is 0 Å². The lowest BCUT2D eigenvalue weighted by Gasteiger charge is -2.10. The molecule has 2 N–H and O–H groups in total. The van der Waals surface area contributed by atoms with E-state index in [0.717, 1.165) is 0 Å². The minimum absolute atomic E-state index is 0.344. The lowest BCUT2D eigenvalue weighted by Crippen LogP contribution is -2.25. The molecule has 0 unspecified atom stereocenters. The van der Waals surface area contributed by atoms with Gasteiger partial charge in [0.25, 0.3) is 0 Å². The van der Waals surface area contributed by atoms with Crippen molar-refractivity contribution in [2.24, 2.45) is 0 Å². The first-order valence-electron chi connectivity index (χ1n) is 6.21. The maximum Gasteiger partial charge on any atom is 0.304 e. The van der Waals surface area contributed by atoms with E-state index in [4.69, 9.17) is 14.6 Å². The molecule has 0 spiro atoms. The molecule has 1 amide bonds. The second kappa shape index (κ2) is 7.64. The van der Waals surface area contributed by atoms with E-state index in [1.807, 2.05) is 0 Å². The summed E-state index contributed by atoms with van der Waals surface area (Å²) in [7, 11) is -0.880. The second-order valence-corrected chi connectivity index (χ2v) is 6.54. The molecule has 0 radical (unpaired) electrons. The highest BCUT2D eigenvalue weighted by Crippen LogP contribution is 2.29. The molecule has 0 saturated carbocycles. The van der Waals surface area contributed by atoms with Crippen LogP contribution in [0.5, 0.6) is 11.5 Å². The van der Waals surface area contributed by atoms with E-state index in [1.165, 1.54) is 26.4 Å². The van der Waals surface area contributed by atoms with Gasteiger partial charge in [-0.05, 0) is 12.1 Å². The van der Waals surface area contributed by atoms with Gasteiger partial charge >= 0.3 is 5.97 Å². The zero-order chi connectivity index (χ0) is 16.8. The number of carboxylic acids is 1. The zero-order valence-corrected chi connectivity index (χ0v) is 13.0. The number of carbonyl (C=O) groups excluding carboxylic acids is 1. The van der Waals surface area contributed by atoms with Crippen molar-refractivity contribution in [3.05, 3.63) is 18.2 Å². The monoisotopic (exact) mass is 331 g/mol. The Labute approximate surface area is 128 Å². The van der Waals surface area contributed by atoms with Crippen LogP contribution < -0.4 is 14.8 Å². The van der Waals surface area contributed by atoms with Crippen LogP contribution >= 0.6 is 0 Å². The minimum Gasteiger partial charge on any atom is -0.493 e. The van der Waals surface area contributed by atoms with Gasteiger partial charge in [-0.1, -0.05) is 0 Å². The molecule has 0 fully saturated rings. The van der Waals surface area contributed by atoms with E-state index >= 15 is 0 Å². The average Bonchev–Trinajstić information content (AvgIpc) is 2.44. The molecule has 122 valence electrons. The maximum absolute atomic E-state index is 11.7. The topological polar surface area (TPSA) is 119 Å². The van der Waals surface area contributed by atoms with E-state index in [2.05, 4.69) is 5.32 Å². The number of rotatable bonds is 8. The first kappa shape index (κ1) is 17.8. The fourth-order valence-electron chi connectivity index (χ4n) is 1.63. The molecule has 0 aliphatic rings. The summed E-state index contributed by atoms with van der Waals surface area (Å²) in [6.45, 7) is 0. The van der Waals surface area contributed by atoms with Gasteiger partial charge in [0.15, 0.2) is 21.3 Å². The van der Waals surface area contributed by atoms with E-state index in [9.17, 15) is 18.0 Å². The SMILES string of the molecule is COc1ccc(NC(=O)CS(=O)(=O)CCC(=O)O)cc1OC. The first-order chi connectivity index (χ1) is 10.3. The number of anilines is 1. The molecule has 0 heterocycles. The summed E-state index contributed by atoms with van der Waals surface area (Å²) in [6, 6.07) is 4.58. The first-order valence-corrected chi connectivity index (χ1v) is 8.03. The number of ether oxygens (including phenoxy) is 2. The molecule has 22 heavy (non-hydrogen) atoms. The molecule has 0 aromatic heterocycles. The number of nitrogens with one attached hydrogen (secondary N) is 1. The highest BCUT2D eigenvalue weighted by atomic mass is 32.2. The van der Waals surface area contributed by atoms with Gasteiger partial charge in [-0.25, -0.2) is 8.42 Å². The Morgan fingerprint density at radius 3 is 2.36 bits per heavy atom. The third-order valence-electron chi connectivity index (χ3n) is 2.65. The summed E-state index contributed by atoms with van der Waals surface area (Å²) in [4.78, 5) is 22.1. The molecule has 9 heteroatoms. The van der Waals surface area contributed by atoms with Crippen LogP contribution in [0.15, 0.2) is 18.2 Å². The van der Waals surface area contributed by atoms with Crippen LogP contribution in [0.2, 0.25) is 0 Å². The van der Waals surface area contributed by atoms with Crippen molar-refractivity contribution < 1.29 is 32.6 Å². The molecule has 0 saturated heterocycles. The second-order valence-electron chi connectivity index (χ2n) is 4.35. The zero-order valence-electron chi connectivity index (χ0n) is 12.2. The fraction of sp³-hybridized carbons (Fsp3) is 0.385. The summed E-state index contributed by atoms with van der Waals surface area (Å²) in [5.74, 6) is -2.50. The molecule has 0 aliphatic carbocycles. The van der Waals surface area contributed by atoms with Crippen LogP contribution in [0.3, 0.4) is 0 Å². The lowest BCUT2D eigenvalue weighted by atomic mass is 10.2. The lowest BCUT2D eigenvalue weighted by molar-refractivity contribution is -0.136. The van der Waals surface area contributed by atoms with Gasteiger partial charge in [0.1, 0.15) is 5.75 Å². The molecular weight excluding hydrogens is 314 g/mol. The van der Waals surface area contributed by atoms with Crippen LogP contribution in [0.4, 0.5) is 5.69 Å². The largest absolute Gasteiger partial charge is 0.493 e. The Kier molecular flexibility index (Phi) is 6.17. The van der Waals surface area contributed by atoms with Crippen LogP contribution in [0.1, 0.15) is 6.42 Å². The number of sulfone groups is 1. The van der Waals surface area contributed by atoms with Gasteiger partial charge in [-0.15, -0.1) is 0 Å². The minimum atomic E-state index is -3.77. The highest BCUT2D eigenvalue weighted by Gasteiger charge is 2.18. The number of carboxylic acid groups (broad SMARTS) is 1. The summed E-state index contributed by atoms with van der Waals surface area (Å²) >= 11 is 0. The third kappa shape index (κ3) is 5.60. The Morgan fingerprint density at radius 2 is 1.82 bits per heavy atom. The van der Waals surface area contributed by atoms with E-state index in [-0.39, 0.29) is 0 Å². The number of carbonyl (C=O) groups is 2. The van der Waals surface area contributed by atoms with Crippen molar-refractivity contribution in [1.29, 1.82) is 0 Å².